The number of carbonyl (C=O) groups is 2. The van der Waals surface area contributed by atoms with Crippen LogP contribution in [0.25, 0.3) is 0 Å². The molecule has 8 heteroatoms. The summed E-state index contributed by atoms with van der Waals surface area (Å²) in [5, 5.41) is 8.68. The summed E-state index contributed by atoms with van der Waals surface area (Å²) >= 11 is 1.29. The third kappa shape index (κ3) is 6.37. The van der Waals surface area contributed by atoms with Crippen molar-refractivity contribution in [3.05, 3.63) is 41.8 Å². The molecule has 2 unspecified atom stereocenters. The third-order valence-electron chi connectivity index (χ3n) is 6.78. The van der Waals surface area contributed by atoms with Gasteiger partial charge in [0.05, 0.1) is 5.75 Å². The maximum absolute atomic E-state index is 12.8. The van der Waals surface area contributed by atoms with Crippen LogP contribution in [-0.4, -0.2) is 63.7 Å². The quantitative estimate of drug-likeness (QED) is 0.569. The Hall–Kier alpha value is -2.35. The number of piperidine rings is 2. The molecule has 0 saturated carbocycles. The lowest BCUT2D eigenvalue weighted by atomic mass is 9.93. The van der Waals surface area contributed by atoms with E-state index in [0.29, 0.717) is 36.5 Å². The molecular weight excluding hydrogens is 436 g/mol. The van der Waals surface area contributed by atoms with Gasteiger partial charge in [0.2, 0.25) is 17.7 Å². The van der Waals surface area contributed by atoms with E-state index in [4.69, 9.17) is 4.42 Å². The molecule has 2 fully saturated rings. The summed E-state index contributed by atoms with van der Waals surface area (Å²) in [5.74, 6) is 2.14. The molecule has 33 heavy (non-hydrogen) atoms. The van der Waals surface area contributed by atoms with Crippen LogP contribution in [0, 0.1) is 11.8 Å². The first-order chi connectivity index (χ1) is 16.0. The summed E-state index contributed by atoms with van der Waals surface area (Å²) in [4.78, 5) is 29.4. The molecule has 3 heterocycles. The van der Waals surface area contributed by atoms with E-state index in [1.807, 2.05) is 28.0 Å². The van der Waals surface area contributed by atoms with Gasteiger partial charge in [-0.05, 0) is 43.1 Å². The number of likely N-dealkylation sites (tertiary alicyclic amines) is 2. The number of hydrogen-bond acceptors (Lipinski definition) is 6. The van der Waals surface area contributed by atoms with Crippen LogP contribution in [0.2, 0.25) is 0 Å². The van der Waals surface area contributed by atoms with Crippen molar-refractivity contribution in [1.82, 2.24) is 20.0 Å². The standard InChI is InChI=1S/C25H34N4O3S/c1-18-7-6-12-29(16-18)24(31)21-10-13-28(14-11-21)23(30)17-33-25-27-26-22(32-25)15-19(2)20-8-4-3-5-9-20/h3-5,8-9,18-19,21H,6-7,10-17H2,1-2H3. The molecule has 0 aliphatic carbocycles. The third-order valence-corrected chi connectivity index (χ3v) is 7.59. The maximum atomic E-state index is 12.8. The average Bonchev–Trinajstić information content (AvgIpc) is 3.30. The number of nitrogens with zero attached hydrogens (tertiary/aromatic N) is 4. The summed E-state index contributed by atoms with van der Waals surface area (Å²) in [6.07, 6.45) is 4.49. The number of hydrogen-bond donors (Lipinski definition) is 0. The molecule has 2 amide bonds. The van der Waals surface area contributed by atoms with E-state index >= 15 is 0 Å². The lowest BCUT2D eigenvalue weighted by molar-refractivity contribution is -0.141. The van der Waals surface area contributed by atoms with E-state index in [0.717, 1.165) is 32.4 Å². The van der Waals surface area contributed by atoms with Crippen molar-refractivity contribution >= 4 is 23.6 Å². The Labute approximate surface area is 200 Å². The molecule has 1 aromatic carbocycles. The van der Waals surface area contributed by atoms with Gasteiger partial charge in [-0.2, -0.15) is 0 Å². The second kappa shape index (κ2) is 11.2. The van der Waals surface area contributed by atoms with Crippen molar-refractivity contribution in [2.75, 3.05) is 31.9 Å². The van der Waals surface area contributed by atoms with Crippen LogP contribution >= 0.6 is 11.8 Å². The van der Waals surface area contributed by atoms with Crippen molar-refractivity contribution in [2.24, 2.45) is 11.8 Å². The second-order valence-corrected chi connectivity index (χ2v) is 10.4. The largest absolute Gasteiger partial charge is 0.416 e. The van der Waals surface area contributed by atoms with E-state index in [1.165, 1.54) is 23.7 Å². The van der Waals surface area contributed by atoms with Gasteiger partial charge in [0, 0.05) is 38.5 Å². The minimum Gasteiger partial charge on any atom is -0.416 e. The highest BCUT2D eigenvalue weighted by Gasteiger charge is 2.31. The van der Waals surface area contributed by atoms with Crippen molar-refractivity contribution in [2.45, 2.75) is 57.1 Å². The summed E-state index contributed by atoms with van der Waals surface area (Å²) in [6.45, 7) is 7.40. The van der Waals surface area contributed by atoms with Crippen LogP contribution < -0.4 is 0 Å². The van der Waals surface area contributed by atoms with Gasteiger partial charge in [0.25, 0.3) is 5.22 Å². The highest BCUT2D eigenvalue weighted by Crippen LogP contribution is 2.26. The number of carbonyl (C=O) groups excluding carboxylic acids is 2. The number of thioether (sulfide) groups is 1. The second-order valence-electron chi connectivity index (χ2n) is 9.45. The van der Waals surface area contributed by atoms with Gasteiger partial charge in [-0.3, -0.25) is 9.59 Å². The molecule has 4 rings (SSSR count). The maximum Gasteiger partial charge on any atom is 0.277 e. The molecule has 2 saturated heterocycles. The molecule has 2 atom stereocenters. The fourth-order valence-corrected chi connectivity index (χ4v) is 5.46. The zero-order valence-electron chi connectivity index (χ0n) is 19.6. The predicted molar refractivity (Wildman–Crippen MR) is 128 cm³/mol. The Morgan fingerprint density at radius 2 is 1.85 bits per heavy atom. The first-order valence-electron chi connectivity index (χ1n) is 12.1. The zero-order chi connectivity index (χ0) is 23.2. The zero-order valence-corrected chi connectivity index (χ0v) is 20.4. The van der Waals surface area contributed by atoms with Crippen molar-refractivity contribution in [3.8, 4) is 0 Å². The Balaban J connectivity index is 1.20. The monoisotopic (exact) mass is 470 g/mol. The lowest BCUT2D eigenvalue weighted by Gasteiger charge is -2.37. The normalized spacial score (nSPS) is 20.6. The lowest BCUT2D eigenvalue weighted by Crippen LogP contribution is -2.47. The minimum atomic E-state index is 0.0529. The molecule has 0 spiro atoms. The first kappa shape index (κ1) is 23.8. The van der Waals surface area contributed by atoms with Crippen LogP contribution in [0.15, 0.2) is 40.0 Å². The fourth-order valence-electron chi connectivity index (χ4n) is 4.78. The van der Waals surface area contributed by atoms with Crippen molar-refractivity contribution in [3.63, 3.8) is 0 Å². The molecule has 2 aliphatic rings. The number of benzene rings is 1. The molecule has 0 N–H and O–H groups in total. The van der Waals surface area contributed by atoms with Crippen LogP contribution in [-0.2, 0) is 16.0 Å². The Bertz CT molecular complexity index is 927. The SMILES string of the molecule is CC1CCCN(C(=O)C2CCN(C(=O)CSc3nnc(CC(C)c4ccccc4)o3)CC2)C1. The highest BCUT2D eigenvalue weighted by atomic mass is 32.2. The highest BCUT2D eigenvalue weighted by molar-refractivity contribution is 7.99. The molecular formula is C25H34N4O3S. The van der Waals surface area contributed by atoms with E-state index in [-0.39, 0.29) is 29.4 Å². The van der Waals surface area contributed by atoms with Crippen LogP contribution in [0.1, 0.15) is 56.9 Å². The van der Waals surface area contributed by atoms with Gasteiger partial charge in [-0.1, -0.05) is 55.9 Å². The summed E-state index contributed by atoms with van der Waals surface area (Å²) in [7, 11) is 0. The molecule has 1 aromatic heterocycles. The summed E-state index contributed by atoms with van der Waals surface area (Å²) in [5.41, 5.74) is 1.23. The van der Waals surface area contributed by atoms with E-state index in [2.05, 4.69) is 36.2 Å². The van der Waals surface area contributed by atoms with Crippen LogP contribution in [0.5, 0.6) is 0 Å². The molecule has 178 valence electrons. The van der Waals surface area contributed by atoms with Gasteiger partial charge in [0.1, 0.15) is 0 Å². The van der Waals surface area contributed by atoms with E-state index in [9.17, 15) is 9.59 Å². The number of rotatable bonds is 7. The smallest absolute Gasteiger partial charge is 0.277 e. The average molecular weight is 471 g/mol. The van der Waals surface area contributed by atoms with Gasteiger partial charge in [-0.15, -0.1) is 10.2 Å². The Morgan fingerprint density at radius 1 is 1.09 bits per heavy atom. The minimum absolute atomic E-state index is 0.0529. The van der Waals surface area contributed by atoms with E-state index in [1.54, 1.807) is 0 Å². The van der Waals surface area contributed by atoms with Crippen molar-refractivity contribution in [1.29, 1.82) is 0 Å². The van der Waals surface area contributed by atoms with Gasteiger partial charge in [0.15, 0.2) is 0 Å². The molecule has 2 aliphatic heterocycles. The van der Waals surface area contributed by atoms with Gasteiger partial charge < -0.3 is 14.2 Å². The topological polar surface area (TPSA) is 79.5 Å². The Morgan fingerprint density at radius 3 is 2.58 bits per heavy atom. The van der Waals surface area contributed by atoms with E-state index < -0.39 is 0 Å². The summed E-state index contributed by atoms with van der Waals surface area (Å²) in [6, 6.07) is 10.3. The molecule has 2 aromatic rings. The van der Waals surface area contributed by atoms with Crippen LogP contribution in [0.3, 0.4) is 0 Å². The van der Waals surface area contributed by atoms with Gasteiger partial charge in [-0.25, -0.2) is 0 Å². The molecule has 0 radical (unpaired) electrons. The molecule has 7 nitrogen and oxygen atoms in total. The molecule has 0 bridgehead atoms. The van der Waals surface area contributed by atoms with Crippen molar-refractivity contribution < 1.29 is 14.0 Å². The first-order valence-corrected chi connectivity index (χ1v) is 13.0. The summed E-state index contributed by atoms with van der Waals surface area (Å²) < 4.78 is 5.76. The van der Waals surface area contributed by atoms with Crippen LogP contribution in [0.4, 0.5) is 0 Å². The van der Waals surface area contributed by atoms with Gasteiger partial charge >= 0.3 is 0 Å². The number of amides is 2. The number of aromatic nitrogens is 2. The Kier molecular flexibility index (Phi) is 8.06. The predicted octanol–water partition coefficient (Wildman–Crippen LogP) is 4.01. The fraction of sp³-hybridized carbons (Fsp3) is 0.600.